The molecule has 0 unspecified atom stereocenters. The highest BCUT2D eigenvalue weighted by molar-refractivity contribution is 7.99. The van der Waals surface area contributed by atoms with Crippen LogP contribution in [0.5, 0.6) is 0 Å². The molecule has 3 aromatic rings. The maximum atomic E-state index is 12.4. The zero-order chi connectivity index (χ0) is 18.5. The molecule has 0 atom stereocenters. The van der Waals surface area contributed by atoms with E-state index in [0.29, 0.717) is 5.75 Å². The zero-order valence-electron chi connectivity index (χ0n) is 15.4. The number of carbonyl (C=O) groups excluding carboxylic acids is 1. The summed E-state index contributed by atoms with van der Waals surface area (Å²) in [5, 5.41) is 9.27. The van der Waals surface area contributed by atoms with Crippen LogP contribution in [0.3, 0.4) is 0 Å². The molecule has 0 aliphatic rings. The van der Waals surface area contributed by atoms with Crippen molar-refractivity contribution >= 4 is 17.5 Å². The van der Waals surface area contributed by atoms with E-state index in [1.54, 1.807) is 0 Å². The zero-order valence-corrected chi connectivity index (χ0v) is 16.2. The van der Waals surface area contributed by atoms with Crippen LogP contribution in [0, 0.1) is 6.92 Å². The Labute approximate surface area is 158 Å². The monoisotopic (exact) mass is 365 g/mol. The van der Waals surface area contributed by atoms with Gasteiger partial charge in [-0.05, 0) is 18.9 Å². The van der Waals surface area contributed by atoms with E-state index in [9.17, 15) is 4.79 Å². The lowest BCUT2D eigenvalue weighted by Crippen LogP contribution is -2.04. The van der Waals surface area contributed by atoms with Gasteiger partial charge in [0.1, 0.15) is 0 Å². The Bertz CT molecular complexity index is 883. The van der Waals surface area contributed by atoms with Crippen LogP contribution in [0.15, 0.2) is 53.7 Å². The molecule has 26 heavy (non-hydrogen) atoms. The van der Waals surface area contributed by atoms with Gasteiger partial charge in [-0.2, -0.15) is 0 Å². The Kier molecular flexibility index (Phi) is 5.89. The summed E-state index contributed by atoms with van der Waals surface area (Å²) in [5.74, 6) is 1.27. The van der Waals surface area contributed by atoms with Gasteiger partial charge < -0.3 is 4.57 Å². The second-order valence-corrected chi connectivity index (χ2v) is 7.33. The molecule has 0 saturated heterocycles. The molecule has 0 fully saturated rings. The van der Waals surface area contributed by atoms with Crippen LogP contribution in [0.1, 0.15) is 34.8 Å². The van der Waals surface area contributed by atoms with E-state index in [-0.39, 0.29) is 5.78 Å². The Hall–Kier alpha value is -2.40. The molecule has 0 radical (unpaired) electrons. The van der Waals surface area contributed by atoms with E-state index in [0.717, 1.165) is 34.9 Å². The standard InChI is InChI=1S/C21H23N3OS/c1-4-5-16-8-12-17(13-9-16)19(25)14-26-21-23-22-20(24(21)3)18-10-6-15(2)7-11-18/h6-13H,4-5,14H2,1-3H3. The minimum absolute atomic E-state index is 0.109. The summed E-state index contributed by atoms with van der Waals surface area (Å²) in [7, 11) is 1.93. The molecule has 0 spiro atoms. The molecular formula is C21H23N3OS. The van der Waals surface area contributed by atoms with Gasteiger partial charge in [0.05, 0.1) is 5.75 Å². The van der Waals surface area contributed by atoms with E-state index in [2.05, 4.69) is 36.2 Å². The number of hydrogen-bond donors (Lipinski definition) is 0. The number of aryl methyl sites for hydroxylation is 2. The quantitative estimate of drug-likeness (QED) is 0.449. The Morgan fingerprint density at radius 1 is 1.04 bits per heavy atom. The largest absolute Gasteiger partial charge is 0.305 e. The molecule has 0 saturated carbocycles. The predicted molar refractivity (Wildman–Crippen MR) is 107 cm³/mol. The summed E-state index contributed by atoms with van der Waals surface area (Å²) in [6.45, 7) is 4.21. The van der Waals surface area contributed by atoms with Crippen molar-refractivity contribution < 1.29 is 4.79 Å². The smallest absolute Gasteiger partial charge is 0.191 e. The Morgan fingerprint density at radius 2 is 1.73 bits per heavy atom. The first-order chi connectivity index (χ1) is 12.6. The van der Waals surface area contributed by atoms with Crippen LogP contribution in [0.25, 0.3) is 11.4 Å². The Morgan fingerprint density at radius 3 is 2.38 bits per heavy atom. The minimum Gasteiger partial charge on any atom is -0.305 e. The van der Waals surface area contributed by atoms with Crippen molar-refractivity contribution in [2.75, 3.05) is 5.75 Å². The molecule has 0 bridgehead atoms. The number of aromatic nitrogens is 3. The molecule has 1 heterocycles. The van der Waals surface area contributed by atoms with Crippen molar-refractivity contribution in [3.63, 3.8) is 0 Å². The van der Waals surface area contributed by atoms with Crippen molar-refractivity contribution in [2.24, 2.45) is 7.05 Å². The highest BCUT2D eigenvalue weighted by Gasteiger charge is 2.13. The molecule has 0 N–H and O–H groups in total. The lowest BCUT2D eigenvalue weighted by Gasteiger charge is -2.05. The van der Waals surface area contributed by atoms with Gasteiger partial charge in [0, 0.05) is 18.2 Å². The highest BCUT2D eigenvalue weighted by atomic mass is 32.2. The minimum atomic E-state index is 0.109. The van der Waals surface area contributed by atoms with Gasteiger partial charge in [-0.3, -0.25) is 4.79 Å². The molecule has 134 valence electrons. The third-order valence-electron chi connectivity index (χ3n) is 4.29. The van der Waals surface area contributed by atoms with Crippen molar-refractivity contribution in [1.82, 2.24) is 14.8 Å². The molecule has 0 aliphatic heterocycles. The van der Waals surface area contributed by atoms with Gasteiger partial charge in [-0.15, -0.1) is 10.2 Å². The van der Waals surface area contributed by atoms with Gasteiger partial charge in [0.2, 0.25) is 0 Å². The van der Waals surface area contributed by atoms with Crippen LogP contribution < -0.4 is 0 Å². The average molecular weight is 366 g/mol. The molecule has 0 aliphatic carbocycles. The Balaban J connectivity index is 1.66. The fourth-order valence-corrected chi connectivity index (χ4v) is 3.56. The van der Waals surface area contributed by atoms with Gasteiger partial charge in [-0.1, -0.05) is 79.2 Å². The topological polar surface area (TPSA) is 47.8 Å². The lowest BCUT2D eigenvalue weighted by molar-refractivity contribution is 0.102. The van der Waals surface area contributed by atoms with Crippen LogP contribution >= 0.6 is 11.8 Å². The van der Waals surface area contributed by atoms with E-state index in [1.807, 2.05) is 48.0 Å². The van der Waals surface area contributed by atoms with E-state index in [1.165, 1.54) is 22.9 Å². The molecule has 5 heteroatoms. The van der Waals surface area contributed by atoms with Gasteiger partial charge >= 0.3 is 0 Å². The number of rotatable bonds is 7. The number of benzene rings is 2. The first-order valence-corrected chi connectivity index (χ1v) is 9.78. The van der Waals surface area contributed by atoms with Gasteiger partial charge in [-0.25, -0.2) is 0 Å². The van der Waals surface area contributed by atoms with Crippen molar-refractivity contribution in [3.05, 3.63) is 65.2 Å². The molecule has 1 aromatic heterocycles. The second-order valence-electron chi connectivity index (χ2n) is 6.39. The van der Waals surface area contributed by atoms with Crippen LogP contribution in [-0.4, -0.2) is 26.3 Å². The number of nitrogens with zero attached hydrogens (tertiary/aromatic N) is 3. The van der Waals surface area contributed by atoms with Crippen molar-refractivity contribution in [1.29, 1.82) is 0 Å². The van der Waals surface area contributed by atoms with E-state index in [4.69, 9.17) is 0 Å². The lowest BCUT2D eigenvalue weighted by atomic mass is 10.1. The third kappa shape index (κ3) is 4.22. The van der Waals surface area contributed by atoms with E-state index >= 15 is 0 Å². The summed E-state index contributed by atoms with van der Waals surface area (Å²) < 4.78 is 1.94. The third-order valence-corrected chi connectivity index (χ3v) is 5.31. The summed E-state index contributed by atoms with van der Waals surface area (Å²) in [4.78, 5) is 12.4. The van der Waals surface area contributed by atoms with Crippen LogP contribution in [0.2, 0.25) is 0 Å². The number of hydrogen-bond acceptors (Lipinski definition) is 4. The predicted octanol–water partition coefficient (Wildman–Crippen LogP) is 4.72. The first-order valence-electron chi connectivity index (χ1n) is 8.80. The molecule has 0 amide bonds. The van der Waals surface area contributed by atoms with Crippen LogP contribution in [0.4, 0.5) is 0 Å². The van der Waals surface area contributed by atoms with Crippen molar-refractivity contribution in [2.45, 2.75) is 31.8 Å². The van der Waals surface area contributed by atoms with Crippen molar-refractivity contribution in [3.8, 4) is 11.4 Å². The fourth-order valence-electron chi connectivity index (χ4n) is 2.75. The molecular weight excluding hydrogens is 342 g/mol. The normalized spacial score (nSPS) is 10.9. The van der Waals surface area contributed by atoms with E-state index < -0.39 is 0 Å². The van der Waals surface area contributed by atoms with Gasteiger partial charge in [0.25, 0.3) is 0 Å². The molecule has 3 rings (SSSR count). The number of thioether (sulfide) groups is 1. The molecule has 4 nitrogen and oxygen atoms in total. The first kappa shape index (κ1) is 18.4. The maximum Gasteiger partial charge on any atom is 0.191 e. The summed E-state index contributed by atoms with van der Waals surface area (Å²) in [6.07, 6.45) is 2.16. The number of carbonyl (C=O) groups is 1. The average Bonchev–Trinajstić information content (AvgIpc) is 3.02. The van der Waals surface area contributed by atoms with Crippen LogP contribution in [-0.2, 0) is 13.5 Å². The summed E-state index contributed by atoms with van der Waals surface area (Å²) in [6, 6.07) is 16.1. The number of Topliss-reactive ketones (excluding diaryl/α,β-unsaturated/α-hetero) is 1. The summed E-state index contributed by atoms with van der Waals surface area (Å²) >= 11 is 1.42. The number of ketones is 1. The fraction of sp³-hybridized carbons (Fsp3) is 0.286. The summed E-state index contributed by atoms with van der Waals surface area (Å²) in [5.41, 5.74) is 4.25. The highest BCUT2D eigenvalue weighted by Crippen LogP contribution is 2.23. The SMILES string of the molecule is CCCc1ccc(C(=O)CSc2nnc(-c3ccc(C)cc3)n2C)cc1. The second kappa shape index (κ2) is 8.32. The maximum absolute atomic E-state index is 12.4. The van der Waals surface area contributed by atoms with Gasteiger partial charge in [0.15, 0.2) is 16.8 Å². The molecule has 2 aromatic carbocycles.